The Labute approximate surface area is 226 Å². The number of fused-ring (bicyclic) bond motifs is 1. The molecule has 2 aromatic carbocycles. The predicted octanol–water partition coefficient (Wildman–Crippen LogP) is 4.20. The minimum Gasteiger partial charge on any atom is -0.383 e. The maximum absolute atomic E-state index is 12.1. The van der Waals surface area contributed by atoms with Gasteiger partial charge in [0, 0.05) is 23.8 Å². The highest BCUT2D eigenvalue weighted by atomic mass is 16.2. The second kappa shape index (κ2) is 9.73. The van der Waals surface area contributed by atoms with Crippen molar-refractivity contribution >= 4 is 28.2 Å². The fraction of sp³-hybridized carbons (Fsp3) is 0.310. The maximum atomic E-state index is 12.1. The highest BCUT2D eigenvalue weighted by Crippen LogP contribution is 2.43. The molecule has 1 aliphatic rings. The van der Waals surface area contributed by atoms with Gasteiger partial charge >= 0.3 is 0 Å². The van der Waals surface area contributed by atoms with E-state index in [-0.39, 0.29) is 5.41 Å². The molecule has 10 heteroatoms. The lowest BCUT2D eigenvalue weighted by molar-refractivity contribution is -0.122. The van der Waals surface area contributed by atoms with Crippen molar-refractivity contribution in [2.75, 3.05) is 17.2 Å². The molecule has 2 heterocycles. The molecular formula is C29H29N9O. The third-order valence-electron chi connectivity index (χ3n) is 6.88. The zero-order valence-corrected chi connectivity index (χ0v) is 22.1. The molecule has 10 nitrogen and oxygen atoms in total. The Kier molecular flexibility index (Phi) is 6.41. The summed E-state index contributed by atoms with van der Waals surface area (Å²) in [6.45, 7) is 6.93. The Hall–Kier alpha value is -4.96. The molecule has 1 saturated carbocycles. The molecule has 4 aromatic rings. The molecule has 1 atom stereocenters. The van der Waals surface area contributed by atoms with Crippen molar-refractivity contribution < 1.29 is 4.79 Å². The van der Waals surface area contributed by atoms with Crippen molar-refractivity contribution in [2.24, 2.45) is 11.1 Å². The van der Waals surface area contributed by atoms with Crippen LogP contribution in [0.3, 0.4) is 0 Å². The van der Waals surface area contributed by atoms with Crippen molar-refractivity contribution in [1.29, 1.82) is 10.5 Å². The zero-order chi connectivity index (χ0) is 27.8. The molecule has 0 spiro atoms. The summed E-state index contributed by atoms with van der Waals surface area (Å²) < 4.78 is 1.56. The number of nitrogens with two attached hydrogens (primary N) is 1. The first-order valence-electron chi connectivity index (χ1n) is 12.7. The largest absolute Gasteiger partial charge is 0.383 e. The van der Waals surface area contributed by atoms with Gasteiger partial charge in [-0.15, -0.1) is 5.10 Å². The number of nitrogens with one attached hydrogen (secondary N) is 2. The van der Waals surface area contributed by atoms with E-state index in [1.807, 2.05) is 36.4 Å². The summed E-state index contributed by atoms with van der Waals surface area (Å²) in [7, 11) is 0. The summed E-state index contributed by atoms with van der Waals surface area (Å²) in [6, 6.07) is 17.4. The number of nitriles is 2. The van der Waals surface area contributed by atoms with Crippen LogP contribution in [-0.4, -0.2) is 32.4 Å². The zero-order valence-electron chi connectivity index (χ0n) is 22.1. The van der Waals surface area contributed by atoms with E-state index in [2.05, 4.69) is 58.8 Å². The average molecular weight is 520 g/mol. The van der Waals surface area contributed by atoms with E-state index in [0.717, 1.165) is 5.56 Å². The monoisotopic (exact) mass is 519 g/mol. The van der Waals surface area contributed by atoms with Crippen molar-refractivity contribution in [3.05, 3.63) is 77.2 Å². The highest BCUT2D eigenvalue weighted by Gasteiger charge is 2.52. The number of hydrogen-bond acceptors (Lipinski definition) is 8. The first-order valence-corrected chi connectivity index (χ1v) is 12.7. The molecule has 196 valence electrons. The molecule has 1 aliphatic carbocycles. The van der Waals surface area contributed by atoms with E-state index in [1.165, 1.54) is 6.20 Å². The van der Waals surface area contributed by atoms with Gasteiger partial charge in [-0.25, -0.2) is 4.68 Å². The molecule has 0 saturated heterocycles. The summed E-state index contributed by atoms with van der Waals surface area (Å²) in [5.74, 6) is -0.424. The van der Waals surface area contributed by atoms with Gasteiger partial charge in [0.1, 0.15) is 23.4 Å². The van der Waals surface area contributed by atoms with E-state index in [9.17, 15) is 15.3 Å². The normalized spacial score (nSPS) is 14.7. The van der Waals surface area contributed by atoms with Crippen LogP contribution in [0.25, 0.3) is 10.9 Å². The minimum absolute atomic E-state index is 0.0374. The number of benzene rings is 2. The van der Waals surface area contributed by atoms with E-state index >= 15 is 0 Å². The third-order valence-corrected chi connectivity index (χ3v) is 6.88. The summed E-state index contributed by atoms with van der Waals surface area (Å²) in [6.07, 6.45) is 4.51. The van der Waals surface area contributed by atoms with E-state index in [4.69, 9.17) is 5.73 Å². The molecule has 0 unspecified atom stereocenters. The first kappa shape index (κ1) is 25.7. The smallest absolute Gasteiger partial charge is 0.245 e. The van der Waals surface area contributed by atoms with Gasteiger partial charge in [0.05, 0.1) is 34.6 Å². The van der Waals surface area contributed by atoms with Gasteiger partial charge in [0.15, 0.2) is 0 Å². The van der Waals surface area contributed by atoms with E-state index < -0.39 is 17.5 Å². The second-order valence-electron chi connectivity index (χ2n) is 11.1. The fourth-order valence-electron chi connectivity index (χ4n) is 4.57. The Morgan fingerprint density at radius 2 is 1.87 bits per heavy atom. The summed E-state index contributed by atoms with van der Waals surface area (Å²) in [5, 5.41) is 36.0. The number of pyridine rings is 1. The second-order valence-corrected chi connectivity index (χ2v) is 11.1. The van der Waals surface area contributed by atoms with Gasteiger partial charge in [0.25, 0.3) is 0 Å². The lowest BCUT2D eigenvalue weighted by Crippen LogP contribution is -2.34. The van der Waals surface area contributed by atoms with Crippen LogP contribution in [0.2, 0.25) is 0 Å². The molecule has 5 rings (SSSR count). The van der Waals surface area contributed by atoms with Gasteiger partial charge in [0.2, 0.25) is 5.91 Å². The van der Waals surface area contributed by atoms with Crippen molar-refractivity contribution in [1.82, 2.24) is 20.0 Å². The maximum Gasteiger partial charge on any atom is 0.245 e. The van der Waals surface area contributed by atoms with Crippen LogP contribution in [0.15, 0.2) is 54.9 Å². The number of amides is 1. The summed E-state index contributed by atoms with van der Waals surface area (Å²) in [4.78, 5) is 16.5. The number of aromatic nitrogens is 4. The third kappa shape index (κ3) is 4.97. The number of anilines is 2. The molecule has 1 fully saturated rings. The number of carbonyl (C=O) groups excluding carboxylic acids is 1. The van der Waals surface area contributed by atoms with Crippen LogP contribution < -0.4 is 16.4 Å². The quantitative estimate of drug-likeness (QED) is 0.312. The van der Waals surface area contributed by atoms with Gasteiger partial charge in [-0.05, 0) is 36.0 Å². The minimum atomic E-state index is -0.823. The Morgan fingerprint density at radius 3 is 2.49 bits per heavy atom. The molecular weight excluding hydrogens is 490 g/mol. The number of rotatable bonds is 8. The Bertz CT molecular complexity index is 1630. The lowest BCUT2D eigenvalue weighted by Gasteiger charge is -2.22. The Balaban J connectivity index is 1.60. The van der Waals surface area contributed by atoms with Crippen LogP contribution in [0.5, 0.6) is 0 Å². The number of nitrogens with zero attached hydrogens (tertiary/aromatic N) is 6. The summed E-state index contributed by atoms with van der Waals surface area (Å²) in [5.41, 5.74) is 8.88. The van der Waals surface area contributed by atoms with Gasteiger partial charge < -0.3 is 16.4 Å². The van der Waals surface area contributed by atoms with E-state index in [0.29, 0.717) is 58.5 Å². The number of carbonyl (C=O) groups is 1. The SMILES string of the molecule is CC(C)(C)CNc1c(C#N)cnc2c(C#N)cc(N[C@@H](c3ccccc3)c3cn(C4(C(N)=O)CC4)nn3)cc12. The van der Waals surface area contributed by atoms with Crippen LogP contribution in [0.4, 0.5) is 11.4 Å². The molecule has 1 amide bonds. The molecule has 39 heavy (non-hydrogen) atoms. The van der Waals surface area contributed by atoms with Crippen LogP contribution in [-0.2, 0) is 10.3 Å². The molecule has 0 aliphatic heterocycles. The number of primary amides is 1. The summed E-state index contributed by atoms with van der Waals surface area (Å²) >= 11 is 0. The van der Waals surface area contributed by atoms with E-state index in [1.54, 1.807) is 16.9 Å². The average Bonchev–Trinajstić information content (AvgIpc) is 3.60. The topological polar surface area (TPSA) is 158 Å². The van der Waals surface area contributed by atoms with Gasteiger partial charge in [-0.1, -0.05) is 56.3 Å². The molecule has 2 aromatic heterocycles. The Morgan fingerprint density at radius 1 is 1.15 bits per heavy atom. The molecule has 0 bridgehead atoms. The molecule has 4 N–H and O–H groups in total. The molecule has 0 radical (unpaired) electrons. The standard InChI is InChI=1S/C29H29N9O/c1-28(2,3)17-34-25-20(14-31)15-33-24-19(13-30)11-21(12-22(24)25)35-26(18-7-5-4-6-8-18)23-16-38(37-36-23)29(9-10-29)27(32)39/h4-8,11-12,15-16,26,35H,9-10,17H2,1-3H3,(H2,32,39)(H,33,34)/t26-/m0/s1. The van der Waals surface area contributed by atoms with Crippen LogP contribution >= 0.6 is 0 Å². The van der Waals surface area contributed by atoms with Crippen molar-refractivity contribution in [2.45, 2.75) is 45.2 Å². The van der Waals surface area contributed by atoms with Crippen LogP contribution in [0, 0.1) is 28.1 Å². The van der Waals surface area contributed by atoms with Gasteiger partial charge in [-0.3, -0.25) is 9.78 Å². The first-order chi connectivity index (χ1) is 18.6. The predicted molar refractivity (Wildman–Crippen MR) is 147 cm³/mol. The van der Waals surface area contributed by atoms with Crippen molar-refractivity contribution in [3.63, 3.8) is 0 Å². The van der Waals surface area contributed by atoms with Crippen LogP contribution in [0.1, 0.15) is 62.0 Å². The number of hydrogen-bond donors (Lipinski definition) is 3. The fourth-order valence-corrected chi connectivity index (χ4v) is 4.57. The van der Waals surface area contributed by atoms with Gasteiger partial charge in [-0.2, -0.15) is 10.5 Å². The lowest BCUT2D eigenvalue weighted by atomic mass is 9.96. The van der Waals surface area contributed by atoms with Crippen molar-refractivity contribution in [3.8, 4) is 12.1 Å². The highest BCUT2D eigenvalue weighted by molar-refractivity contribution is 5.99.